The summed E-state index contributed by atoms with van der Waals surface area (Å²) in [6.45, 7) is 2.22. The van der Waals surface area contributed by atoms with E-state index in [0.29, 0.717) is 6.54 Å². The molecule has 1 atom stereocenters. The second-order valence-electron chi connectivity index (χ2n) is 3.60. The first-order chi connectivity index (χ1) is 8.10. The van der Waals surface area contributed by atoms with Gasteiger partial charge < -0.3 is 15.7 Å². The molecule has 94 valence electrons. The Kier molecular flexibility index (Phi) is 4.58. The van der Waals surface area contributed by atoms with Gasteiger partial charge in [0.2, 0.25) is 11.6 Å². The molecule has 0 bridgehead atoms. The minimum Gasteiger partial charge on any atom is -0.396 e. The molecular formula is C9H15N5O3. The third-order valence-corrected chi connectivity index (χ3v) is 2.17. The highest BCUT2D eigenvalue weighted by atomic mass is 16.6. The summed E-state index contributed by atoms with van der Waals surface area (Å²) in [6.07, 6.45) is 1.24. The number of nitro groups is 1. The molecule has 1 aromatic rings. The number of anilines is 2. The summed E-state index contributed by atoms with van der Waals surface area (Å²) in [5.74, 6) is 0.293. The molecule has 3 N–H and O–H groups in total. The third kappa shape index (κ3) is 3.25. The first-order valence-electron chi connectivity index (χ1n) is 5.12. The van der Waals surface area contributed by atoms with Crippen molar-refractivity contribution in [3.8, 4) is 0 Å². The second-order valence-corrected chi connectivity index (χ2v) is 3.60. The topological polar surface area (TPSA) is 113 Å². The zero-order valence-corrected chi connectivity index (χ0v) is 9.67. The number of aromatic nitrogens is 2. The first-order valence-corrected chi connectivity index (χ1v) is 5.12. The average molecular weight is 241 g/mol. The maximum Gasteiger partial charge on any atom is 0.353 e. The van der Waals surface area contributed by atoms with Crippen molar-refractivity contribution in [2.45, 2.75) is 6.92 Å². The van der Waals surface area contributed by atoms with E-state index in [-0.39, 0.29) is 29.8 Å². The second kappa shape index (κ2) is 5.94. The highest BCUT2D eigenvalue weighted by Gasteiger charge is 2.21. The Bertz CT molecular complexity index is 398. The van der Waals surface area contributed by atoms with Gasteiger partial charge in [-0.1, -0.05) is 6.92 Å². The summed E-state index contributed by atoms with van der Waals surface area (Å²) < 4.78 is 0. The van der Waals surface area contributed by atoms with Crippen molar-refractivity contribution >= 4 is 17.3 Å². The molecule has 0 spiro atoms. The lowest BCUT2D eigenvalue weighted by Crippen LogP contribution is -2.16. The van der Waals surface area contributed by atoms with Crippen LogP contribution < -0.4 is 10.6 Å². The Morgan fingerprint density at radius 1 is 1.53 bits per heavy atom. The Balaban J connectivity index is 2.94. The largest absolute Gasteiger partial charge is 0.396 e. The lowest BCUT2D eigenvalue weighted by Gasteiger charge is -2.11. The van der Waals surface area contributed by atoms with Gasteiger partial charge in [-0.2, -0.15) is 0 Å². The fraction of sp³-hybridized carbons (Fsp3) is 0.556. The van der Waals surface area contributed by atoms with E-state index >= 15 is 0 Å². The van der Waals surface area contributed by atoms with E-state index in [2.05, 4.69) is 20.6 Å². The standard InChI is InChI=1S/C9H15N5O3/c1-6(4-15)3-11-9-7(14(16)17)8(10-2)12-5-13-9/h5-6,15H,3-4H2,1-2H3,(H2,10,11,12,13). The first kappa shape index (κ1) is 13.1. The van der Waals surface area contributed by atoms with Crippen LogP contribution in [0.5, 0.6) is 0 Å². The number of aliphatic hydroxyl groups excluding tert-OH is 1. The minimum absolute atomic E-state index is 0.00473. The Morgan fingerprint density at radius 3 is 2.71 bits per heavy atom. The van der Waals surface area contributed by atoms with Crippen molar-refractivity contribution in [2.75, 3.05) is 30.8 Å². The van der Waals surface area contributed by atoms with E-state index in [9.17, 15) is 10.1 Å². The van der Waals surface area contributed by atoms with Crippen molar-refractivity contribution in [2.24, 2.45) is 5.92 Å². The number of rotatable bonds is 6. The molecule has 0 aromatic carbocycles. The zero-order valence-electron chi connectivity index (χ0n) is 9.67. The average Bonchev–Trinajstić information content (AvgIpc) is 2.34. The van der Waals surface area contributed by atoms with Gasteiger partial charge in [-0.05, 0) is 5.92 Å². The lowest BCUT2D eigenvalue weighted by atomic mass is 10.2. The van der Waals surface area contributed by atoms with Gasteiger partial charge in [0.25, 0.3) is 0 Å². The summed E-state index contributed by atoms with van der Waals surface area (Å²) in [7, 11) is 1.55. The predicted octanol–water partition coefficient (Wildman–Crippen LogP) is 0.467. The molecule has 8 heteroatoms. The van der Waals surface area contributed by atoms with Crippen LogP contribution in [0.15, 0.2) is 6.33 Å². The molecular weight excluding hydrogens is 226 g/mol. The minimum atomic E-state index is -0.544. The molecule has 0 fully saturated rings. The molecule has 0 saturated heterocycles. The molecule has 0 aliphatic rings. The molecule has 0 aliphatic carbocycles. The highest BCUT2D eigenvalue weighted by molar-refractivity contribution is 5.68. The van der Waals surface area contributed by atoms with Crippen LogP contribution in [-0.4, -0.2) is 40.2 Å². The number of hydrogen-bond donors (Lipinski definition) is 3. The van der Waals surface area contributed by atoms with Gasteiger partial charge in [-0.25, -0.2) is 9.97 Å². The summed E-state index contributed by atoms with van der Waals surface area (Å²) in [4.78, 5) is 18.0. The number of aliphatic hydroxyl groups is 1. The van der Waals surface area contributed by atoms with E-state index in [4.69, 9.17) is 5.11 Å². The summed E-state index contributed by atoms with van der Waals surface area (Å²) in [5.41, 5.74) is -0.194. The maximum absolute atomic E-state index is 10.9. The number of nitrogens with zero attached hydrogens (tertiary/aromatic N) is 3. The number of nitrogens with one attached hydrogen (secondary N) is 2. The molecule has 17 heavy (non-hydrogen) atoms. The molecule has 0 saturated carbocycles. The molecule has 0 radical (unpaired) electrons. The van der Waals surface area contributed by atoms with Crippen LogP contribution in [0.3, 0.4) is 0 Å². The summed E-state index contributed by atoms with van der Waals surface area (Å²) in [5, 5.41) is 25.2. The van der Waals surface area contributed by atoms with Crippen molar-refractivity contribution in [1.29, 1.82) is 0 Å². The zero-order chi connectivity index (χ0) is 12.8. The quantitative estimate of drug-likeness (QED) is 0.490. The van der Waals surface area contributed by atoms with Gasteiger partial charge in [0.15, 0.2) is 0 Å². The van der Waals surface area contributed by atoms with Gasteiger partial charge in [0.05, 0.1) is 4.92 Å². The highest BCUT2D eigenvalue weighted by Crippen LogP contribution is 2.28. The maximum atomic E-state index is 10.9. The molecule has 1 aromatic heterocycles. The van der Waals surface area contributed by atoms with E-state index in [1.54, 1.807) is 7.05 Å². The van der Waals surface area contributed by atoms with Gasteiger partial charge >= 0.3 is 5.69 Å². The Labute approximate surface area is 98.2 Å². The van der Waals surface area contributed by atoms with Gasteiger partial charge in [-0.15, -0.1) is 0 Å². The smallest absolute Gasteiger partial charge is 0.353 e. The van der Waals surface area contributed by atoms with E-state index in [0.717, 1.165) is 0 Å². The van der Waals surface area contributed by atoms with Gasteiger partial charge in [0.1, 0.15) is 6.33 Å². The Morgan fingerprint density at radius 2 is 2.18 bits per heavy atom. The van der Waals surface area contributed by atoms with Crippen LogP contribution in [0.4, 0.5) is 17.3 Å². The van der Waals surface area contributed by atoms with E-state index in [1.165, 1.54) is 6.33 Å². The van der Waals surface area contributed by atoms with Crippen LogP contribution in [-0.2, 0) is 0 Å². The predicted molar refractivity (Wildman–Crippen MR) is 63.0 cm³/mol. The van der Waals surface area contributed by atoms with Crippen LogP contribution in [0, 0.1) is 16.0 Å². The molecule has 1 rings (SSSR count). The number of hydrogen-bond acceptors (Lipinski definition) is 7. The van der Waals surface area contributed by atoms with Crippen LogP contribution in [0.1, 0.15) is 6.92 Å². The molecule has 1 heterocycles. The molecule has 0 aliphatic heterocycles. The van der Waals surface area contributed by atoms with Crippen molar-refractivity contribution < 1.29 is 10.0 Å². The molecule has 8 nitrogen and oxygen atoms in total. The summed E-state index contributed by atoms with van der Waals surface area (Å²) in [6, 6.07) is 0. The lowest BCUT2D eigenvalue weighted by molar-refractivity contribution is -0.383. The van der Waals surface area contributed by atoms with Gasteiger partial charge in [-0.3, -0.25) is 10.1 Å². The molecule has 0 amide bonds. The van der Waals surface area contributed by atoms with Crippen molar-refractivity contribution in [3.05, 3.63) is 16.4 Å². The van der Waals surface area contributed by atoms with Crippen LogP contribution in [0.25, 0.3) is 0 Å². The Hall–Kier alpha value is -1.96. The fourth-order valence-electron chi connectivity index (χ4n) is 1.20. The monoisotopic (exact) mass is 241 g/mol. The summed E-state index contributed by atoms with van der Waals surface area (Å²) >= 11 is 0. The van der Waals surface area contributed by atoms with Crippen LogP contribution in [0.2, 0.25) is 0 Å². The van der Waals surface area contributed by atoms with Crippen molar-refractivity contribution in [3.63, 3.8) is 0 Å². The van der Waals surface area contributed by atoms with Gasteiger partial charge in [0, 0.05) is 20.2 Å². The fourth-order valence-corrected chi connectivity index (χ4v) is 1.20. The van der Waals surface area contributed by atoms with E-state index < -0.39 is 4.92 Å². The van der Waals surface area contributed by atoms with Crippen molar-refractivity contribution in [1.82, 2.24) is 9.97 Å². The third-order valence-electron chi connectivity index (χ3n) is 2.17. The SMILES string of the molecule is CNc1ncnc(NCC(C)CO)c1[N+](=O)[O-]. The normalized spacial score (nSPS) is 11.9. The molecule has 1 unspecified atom stereocenters. The van der Waals surface area contributed by atoms with E-state index in [1.807, 2.05) is 6.92 Å². The van der Waals surface area contributed by atoms with Crippen LogP contribution >= 0.6 is 0 Å².